The number of benzene rings is 2. The third kappa shape index (κ3) is 6.08. The van der Waals surface area contributed by atoms with E-state index in [1.807, 2.05) is 52.0 Å². The van der Waals surface area contributed by atoms with E-state index >= 15 is 0 Å². The van der Waals surface area contributed by atoms with Crippen molar-refractivity contribution in [2.45, 2.75) is 119 Å². The highest BCUT2D eigenvalue weighted by Gasteiger charge is 2.81. The van der Waals surface area contributed by atoms with Gasteiger partial charge in [0.25, 0.3) is 5.79 Å². The van der Waals surface area contributed by atoms with Crippen LogP contribution in [0.4, 0.5) is 0 Å². The van der Waals surface area contributed by atoms with Crippen LogP contribution in [0.3, 0.4) is 0 Å². The Morgan fingerprint density at radius 3 is 1.60 bits per heavy atom. The standard InChI is InChI=1S/C21H29NO5.C21H29NO3/c1-17(2,3)21-18(4,5)11-25-20(21,26-27-21)13-8-9-14(15(23)10-13)16-22-19(6,7)12-24-16;1-19(2,3)17-16(24-11-20(17,4)5)13-8-9-14(15(23)10-13)18-22-21(6,7)12-25-18/h8-10,23H,11-12H2,1-7H3;8-10,23H,11-12H2,1-7H3. The van der Waals surface area contributed by atoms with Gasteiger partial charge in [0.1, 0.15) is 30.5 Å². The second kappa shape index (κ2) is 12.0. The van der Waals surface area contributed by atoms with Crippen LogP contribution in [-0.4, -0.2) is 65.1 Å². The molecule has 0 aliphatic carbocycles. The van der Waals surface area contributed by atoms with E-state index in [0.717, 1.165) is 16.9 Å². The number of aromatic hydroxyl groups is 2. The van der Waals surface area contributed by atoms with Crippen LogP contribution in [0.5, 0.6) is 11.5 Å². The quantitative estimate of drug-likeness (QED) is 0.302. The third-order valence-electron chi connectivity index (χ3n) is 10.7. The molecule has 0 aromatic heterocycles. The molecule has 2 N–H and O–H groups in total. The molecule has 0 radical (unpaired) electrons. The van der Waals surface area contributed by atoms with Gasteiger partial charge in [-0.15, -0.1) is 0 Å². The number of aliphatic imine (C=N–C) groups is 2. The molecular formula is C42H58N2O8. The molecule has 2 aromatic rings. The largest absolute Gasteiger partial charge is 0.507 e. The van der Waals surface area contributed by atoms with Crippen LogP contribution in [-0.2, 0) is 34.5 Å². The molecular weight excluding hydrogens is 660 g/mol. The number of ether oxygens (including phenoxy) is 4. The first-order chi connectivity index (χ1) is 23.8. The van der Waals surface area contributed by atoms with Gasteiger partial charge in [-0.1, -0.05) is 81.4 Å². The van der Waals surface area contributed by atoms with Crippen molar-refractivity contribution in [1.82, 2.24) is 0 Å². The summed E-state index contributed by atoms with van der Waals surface area (Å²) in [6.07, 6.45) is 0. The Morgan fingerprint density at radius 1 is 0.635 bits per heavy atom. The van der Waals surface area contributed by atoms with E-state index in [0.29, 0.717) is 49.3 Å². The van der Waals surface area contributed by atoms with Gasteiger partial charge in [0, 0.05) is 27.4 Å². The van der Waals surface area contributed by atoms with Crippen molar-refractivity contribution >= 4 is 17.6 Å². The first-order valence-electron chi connectivity index (χ1n) is 18.3. The van der Waals surface area contributed by atoms with E-state index in [4.69, 9.17) is 28.7 Å². The number of fused-ring (bicyclic) bond motifs is 1. The van der Waals surface area contributed by atoms with Crippen LogP contribution in [0, 0.1) is 21.7 Å². The van der Waals surface area contributed by atoms with E-state index < -0.39 is 11.4 Å². The van der Waals surface area contributed by atoms with Gasteiger partial charge in [-0.05, 0) is 62.9 Å². The summed E-state index contributed by atoms with van der Waals surface area (Å²) in [6, 6.07) is 11.0. The minimum Gasteiger partial charge on any atom is -0.507 e. The molecule has 5 heterocycles. The van der Waals surface area contributed by atoms with Crippen LogP contribution >= 0.6 is 0 Å². The Bertz CT molecular complexity index is 1860. The highest BCUT2D eigenvalue weighted by molar-refractivity contribution is 5.99. The summed E-state index contributed by atoms with van der Waals surface area (Å²) in [6.45, 7) is 31.8. The second-order valence-corrected chi connectivity index (χ2v) is 19.5. The molecule has 2 fully saturated rings. The Kier molecular flexibility index (Phi) is 8.77. The summed E-state index contributed by atoms with van der Waals surface area (Å²) in [7, 11) is 0. The molecule has 0 saturated carbocycles. The van der Waals surface area contributed by atoms with Crippen molar-refractivity contribution < 1.29 is 38.9 Å². The van der Waals surface area contributed by atoms with Crippen molar-refractivity contribution in [3.05, 3.63) is 64.2 Å². The lowest BCUT2D eigenvalue weighted by molar-refractivity contribution is -0.626. The van der Waals surface area contributed by atoms with Crippen molar-refractivity contribution in [1.29, 1.82) is 0 Å². The summed E-state index contributed by atoms with van der Waals surface area (Å²) in [5, 5.41) is 21.3. The first kappa shape index (κ1) is 38.1. The number of hydrogen-bond acceptors (Lipinski definition) is 10. The van der Waals surface area contributed by atoms with Gasteiger partial charge in [0.05, 0.1) is 35.4 Å². The van der Waals surface area contributed by atoms with Crippen molar-refractivity contribution in [2.75, 3.05) is 26.4 Å². The predicted molar refractivity (Wildman–Crippen MR) is 201 cm³/mol. The Labute approximate surface area is 309 Å². The number of rotatable bonds is 4. The van der Waals surface area contributed by atoms with Crippen LogP contribution < -0.4 is 0 Å². The molecule has 52 heavy (non-hydrogen) atoms. The molecule has 10 nitrogen and oxygen atoms in total. The van der Waals surface area contributed by atoms with Crippen LogP contribution in [0.2, 0.25) is 0 Å². The third-order valence-corrected chi connectivity index (χ3v) is 10.7. The molecule has 2 atom stereocenters. The number of phenolic OH excluding ortho intramolecular Hbond substituents is 2. The molecule has 5 aliphatic heterocycles. The zero-order valence-corrected chi connectivity index (χ0v) is 33.5. The smallest absolute Gasteiger partial charge is 0.261 e. The molecule has 0 spiro atoms. The van der Waals surface area contributed by atoms with Crippen LogP contribution in [0.1, 0.15) is 119 Å². The van der Waals surface area contributed by atoms with E-state index in [9.17, 15) is 10.2 Å². The predicted octanol–water partition coefficient (Wildman–Crippen LogP) is 8.66. The highest BCUT2D eigenvalue weighted by atomic mass is 17.3. The molecule has 10 heteroatoms. The molecule has 0 amide bonds. The maximum Gasteiger partial charge on any atom is 0.261 e. The van der Waals surface area contributed by atoms with Gasteiger partial charge in [0.15, 0.2) is 5.60 Å². The Hall–Kier alpha value is -3.60. The normalized spacial score (nSPS) is 28.0. The summed E-state index contributed by atoms with van der Waals surface area (Å²) < 4.78 is 23.6. The minimum atomic E-state index is -1.05. The van der Waals surface area contributed by atoms with Crippen LogP contribution in [0.15, 0.2) is 52.0 Å². The average Bonchev–Trinajstić information content (AvgIpc) is 3.67. The van der Waals surface area contributed by atoms with Gasteiger partial charge < -0.3 is 29.2 Å². The fourth-order valence-electron chi connectivity index (χ4n) is 8.74. The molecule has 2 unspecified atom stereocenters. The molecule has 2 saturated heterocycles. The maximum absolute atomic E-state index is 10.7. The van der Waals surface area contributed by atoms with E-state index in [1.165, 1.54) is 5.57 Å². The molecule has 2 aromatic carbocycles. The summed E-state index contributed by atoms with van der Waals surface area (Å²) >= 11 is 0. The van der Waals surface area contributed by atoms with Gasteiger partial charge in [0.2, 0.25) is 11.8 Å². The number of nitrogens with zero attached hydrogens (tertiary/aromatic N) is 2. The van der Waals surface area contributed by atoms with Crippen molar-refractivity contribution in [2.24, 2.45) is 31.6 Å². The summed E-state index contributed by atoms with van der Waals surface area (Å²) in [5.74, 6) is 1.05. The number of hydrogen-bond donors (Lipinski definition) is 2. The molecule has 284 valence electrons. The lowest BCUT2D eigenvalue weighted by Crippen LogP contribution is -2.73. The fraction of sp³-hybridized carbons (Fsp3) is 0.619. The van der Waals surface area contributed by atoms with Crippen LogP contribution in [0.25, 0.3) is 5.76 Å². The SMILES string of the molecule is CC1(C)COC(c2ccc(C34OCC(C)(C)C3(C(C)(C)C)OO4)cc2O)=N1.CC1(C)COC(c2ccc(C3=C(C(C)(C)C)C(C)(C)CO3)cc2O)=N1. The average molecular weight is 719 g/mol. The monoisotopic (exact) mass is 718 g/mol. The van der Waals surface area contributed by atoms with Gasteiger partial charge in [-0.2, -0.15) is 4.89 Å². The summed E-state index contributed by atoms with van der Waals surface area (Å²) in [5.41, 5.74) is 2.35. The van der Waals surface area contributed by atoms with Gasteiger partial charge in [-0.3, -0.25) is 0 Å². The lowest BCUT2D eigenvalue weighted by Gasteiger charge is -2.61. The van der Waals surface area contributed by atoms with Crippen molar-refractivity contribution in [3.63, 3.8) is 0 Å². The molecule has 5 aliphatic rings. The topological polar surface area (TPSA) is 121 Å². The minimum absolute atomic E-state index is 0.00764. The number of phenols is 2. The van der Waals surface area contributed by atoms with E-state index in [1.54, 1.807) is 12.1 Å². The zero-order valence-electron chi connectivity index (χ0n) is 33.5. The van der Waals surface area contributed by atoms with Gasteiger partial charge in [-0.25, -0.2) is 14.9 Å². The second-order valence-electron chi connectivity index (χ2n) is 19.5. The Morgan fingerprint density at radius 2 is 1.17 bits per heavy atom. The van der Waals surface area contributed by atoms with E-state index in [2.05, 4.69) is 79.2 Å². The molecule has 7 rings (SSSR count). The first-order valence-corrected chi connectivity index (χ1v) is 18.3. The highest BCUT2D eigenvalue weighted by Crippen LogP contribution is 2.69. The fourth-order valence-corrected chi connectivity index (χ4v) is 8.74. The Balaban J connectivity index is 0.000000179. The summed E-state index contributed by atoms with van der Waals surface area (Å²) in [4.78, 5) is 20.6. The van der Waals surface area contributed by atoms with Crippen molar-refractivity contribution in [3.8, 4) is 11.5 Å². The zero-order chi connectivity index (χ0) is 38.5. The maximum atomic E-state index is 10.7. The molecule has 0 bridgehead atoms. The van der Waals surface area contributed by atoms with E-state index in [-0.39, 0.29) is 44.2 Å². The van der Waals surface area contributed by atoms with Gasteiger partial charge >= 0.3 is 0 Å². The lowest BCUT2D eigenvalue weighted by atomic mass is 9.57.